The van der Waals surface area contributed by atoms with E-state index in [0.29, 0.717) is 0 Å². The molecule has 3 aromatic rings. The summed E-state index contributed by atoms with van der Waals surface area (Å²) in [6.45, 7) is 0.765. The lowest BCUT2D eigenvalue weighted by Gasteiger charge is -2.19. The average Bonchev–Trinajstić information content (AvgIpc) is 3.37. The molecule has 0 saturated carbocycles. The Morgan fingerprint density at radius 3 is 2.50 bits per heavy atom. The monoisotopic (exact) mass is 364 g/mol. The van der Waals surface area contributed by atoms with Gasteiger partial charge in [-0.2, -0.15) is 5.10 Å². The first-order valence-corrected chi connectivity index (χ1v) is 9.35. The molecule has 2 aromatic carbocycles. The molecule has 0 saturated heterocycles. The van der Waals surface area contributed by atoms with Crippen molar-refractivity contribution in [2.75, 3.05) is 25.8 Å². The Balaban J connectivity index is 1.80. The molecule has 0 spiro atoms. The maximum atomic E-state index is 5.69. The van der Waals surface area contributed by atoms with Gasteiger partial charge in [0.1, 0.15) is 0 Å². The zero-order valence-electron chi connectivity index (χ0n) is 14.8. The summed E-state index contributed by atoms with van der Waals surface area (Å²) in [6.07, 6.45) is 0. The highest BCUT2D eigenvalue weighted by Gasteiger charge is 2.33. The van der Waals surface area contributed by atoms with Gasteiger partial charge >= 0.3 is 0 Å². The van der Waals surface area contributed by atoms with Crippen LogP contribution in [0.2, 0.25) is 0 Å². The van der Waals surface area contributed by atoms with E-state index in [4.69, 9.17) is 14.6 Å². The van der Waals surface area contributed by atoms with Crippen molar-refractivity contribution in [3.05, 3.63) is 76.5 Å². The van der Waals surface area contributed by atoms with E-state index in [1.807, 2.05) is 30.3 Å². The molecular weight excluding hydrogens is 344 g/mol. The van der Waals surface area contributed by atoms with E-state index in [9.17, 15) is 0 Å². The molecule has 2 heterocycles. The van der Waals surface area contributed by atoms with Crippen LogP contribution in [0, 0.1) is 0 Å². The summed E-state index contributed by atoms with van der Waals surface area (Å²) in [6, 6.07) is 20.5. The van der Waals surface area contributed by atoms with Gasteiger partial charge < -0.3 is 9.47 Å². The third-order valence-corrected chi connectivity index (χ3v) is 5.44. The quantitative estimate of drug-likeness (QED) is 0.654. The number of hydrogen-bond donors (Lipinski definition) is 0. The number of hydrazone groups is 1. The average molecular weight is 364 g/mol. The predicted octanol–water partition coefficient (Wildman–Crippen LogP) is 4.77. The molecule has 1 aromatic heterocycles. The van der Waals surface area contributed by atoms with Gasteiger partial charge in [0.15, 0.2) is 11.5 Å². The minimum Gasteiger partial charge on any atom is -0.493 e. The van der Waals surface area contributed by atoms with Crippen LogP contribution < -0.4 is 14.5 Å². The first-order valence-electron chi connectivity index (χ1n) is 8.47. The highest BCUT2D eigenvalue weighted by Crippen LogP contribution is 2.40. The van der Waals surface area contributed by atoms with E-state index in [0.717, 1.165) is 35.0 Å². The number of anilines is 1. The van der Waals surface area contributed by atoms with Crippen molar-refractivity contribution in [2.45, 2.75) is 5.92 Å². The molecule has 1 atom stereocenters. The minimum absolute atomic E-state index is 0.110. The third-order valence-electron chi connectivity index (χ3n) is 4.55. The molecule has 0 bridgehead atoms. The standard InChI is InChI=1S/C21H20N2O2S/c1-24-18-11-6-10-16(21(18)25-2)17-14-23(15-8-4-3-5-9-15)22-20(17)19-12-7-13-26-19/h3-13,17H,14H2,1-2H3/t17-/m1/s1. The summed E-state index contributed by atoms with van der Waals surface area (Å²) in [5.41, 5.74) is 3.25. The van der Waals surface area contributed by atoms with Crippen molar-refractivity contribution in [2.24, 2.45) is 5.10 Å². The van der Waals surface area contributed by atoms with E-state index < -0.39 is 0 Å². The smallest absolute Gasteiger partial charge is 0.164 e. The van der Waals surface area contributed by atoms with Crippen molar-refractivity contribution in [3.8, 4) is 11.5 Å². The molecule has 26 heavy (non-hydrogen) atoms. The van der Waals surface area contributed by atoms with Crippen LogP contribution in [0.3, 0.4) is 0 Å². The number of methoxy groups -OCH3 is 2. The maximum Gasteiger partial charge on any atom is 0.164 e. The van der Waals surface area contributed by atoms with Crippen LogP contribution in [-0.4, -0.2) is 26.5 Å². The molecule has 4 rings (SSSR count). The van der Waals surface area contributed by atoms with Gasteiger partial charge in [0.05, 0.1) is 43.0 Å². The molecule has 0 radical (unpaired) electrons. The molecular formula is C21H20N2O2S. The summed E-state index contributed by atoms with van der Waals surface area (Å²) in [4.78, 5) is 1.18. The van der Waals surface area contributed by atoms with E-state index in [1.165, 1.54) is 4.88 Å². The van der Waals surface area contributed by atoms with Crippen molar-refractivity contribution in [1.29, 1.82) is 0 Å². The zero-order valence-corrected chi connectivity index (χ0v) is 15.6. The third kappa shape index (κ3) is 2.95. The van der Waals surface area contributed by atoms with E-state index in [2.05, 4.69) is 40.7 Å². The number of hydrogen-bond acceptors (Lipinski definition) is 5. The van der Waals surface area contributed by atoms with Crippen molar-refractivity contribution >= 4 is 22.7 Å². The zero-order chi connectivity index (χ0) is 17.9. The van der Waals surface area contributed by atoms with Gasteiger partial charge in [0, 0.05) is 5.56 Å². The van der Waals surface area contributed by atoms with E-state index >= 15 is 0 Å². The van der Waals surface area contributed by atoms with Gasteiger partial charge in [-0.05, 0) is 29.6 Å². The molecule has 5 heteroatoms. The first kappa shape index (κ1) is 16.7. The molecule has 0 fully saturated rings. The van der Waals surface area contributed by atoms with Crippen molar-refractivity contribution in [3.63, 3.8) is 0 Å². The number of benzene rings is 2. The lowest BCUT2D eigenvalue weighted by atomic mass is 9.92. The fraction of sp³-hybridized carbons (Fsp3) is 0.190. The minimum atomic E-state index is 0.110. The topological polar surface area (TPSA) is 34.1 Å². The summed E-state index contributed by atoms with van der Waals surface area (Å²) >= 11 is 1.71. The summed E-state index contributed by atoms with van der Waals surface area (Å²) in [5.74, 6) is 1.63. The SMILES string of the molecule is COc1cccc([C@H]2CN(c3ccccc3)N=C2c2cccs2)c1OC. The maximum absolute atomic E-state index is 5.69. The molecule has 0 N–H and O–H groups in total. The Morgan fingerprint density at radius 1 is 0.962 bits per heavy atom. The molecule has 0 unspecified atom stereocenters. The first-order chi connectivity index (χ1) is 12.8. The van der Waals surface area contributed by atoms with Crippen molar-refractivity contribution in [1.82, 2.24) is 0 Å². The normalized spacial score (nSPS) is 16.5. The molecule has 1 aliphatic rings. The fourth-order valence-electron chi connectivity index (χ4n) is 3.34. The summed E-state index contributed by atoms with van der Waals surface area (Å²) in [7, 11) is 3.36. The second kappa shape index (κ2) is 7.22. The molecule has 132 valence electrons. The van der Waals surface area contributed by atoms with E-state index in [-0.39, 0.29) is 5.92 Å². The van der Waals surface area contributed by atoms with Crippen LogP contribution in [0.25, 0.3) is 0 Å². The highest BCUT2D eigenvalue weighted by atomic mass is 32.1. The van der Waals surface area contributed by atoms with Crippen LogP contribution >= 0.6 is 11.3 Å². The molecule has 0 aliphatic carbocycles. The Hall–Kier alpha value is -2.79. The number of para-hydroxylation sites is 2. The highest BCUT2D eigenvalue weighted by molar-refractivity contribution is 7.12. The van der Waals surface area contributed by atoms with Gasteiger partial charge in [-0.3, -0.25) is 5.01 Å². The van der Waals surface area contributed by atoms with Crippen LogP contribution in [0.5, 0.6) is 11.5 Å². The number of rotatable bonds is 5. The van der Waals surface area contributed by atoms with Crippen LogP contribution in [0.4, 0.5) is 5.69 Å². The Labute approximate surface area is 157 Å². The lowest BCUT2D eigenvalue weighted by Crippen LogP contribution is -2.18. The Kier molecular flexibility index (Phi) is 4.63. The summed E-state index contributed by atoms with van der Waals surface area (Å²) in [5, 5.41) is 9.11. The van der Waals surface area contributed by atoms with Gasteiger partial charge in [0.25, 0.3) is 0 Å². The summed E-state index contributed by atoms with van der Waals surface area (Å²) < 4.78 is 11.2. The fourth-order valence-corrected chi connectivity index (χ4v) is 4.11. The second-order valence-corrected chi connectivity index (χ2v) is 6.96. The van der Waals surface area contributed by atoms with Gasteiger partial charge in [-0.25, -0.2) is 0 Å². The number of thiophene rings is 1. The van der Waals surface area contributed by atoms with Gasteiger partial charge in [0.2, 0.25) is 0 Å². The largest absolute Gasteiger partial charge is 0.493 e. The van der Waals surface area contributed by atoms with Crippen LogP contribution in [0.15, 0.2) is 71.1 Å². The van der Waals surface area contributed by atoms with Crippen LogP contribution in [0.1, 0.15) is 16.4 Å². The predicted molar refractivity (Wildman–Crippen MR) is 107 cm³/mol. The molecule has 0 amide bonds. The van der Waals surface area contributed by atoms with Gasteiger partial charge in [-0.1, -0.05) is 36.4 Å². The van der Waals surface area contributed by atoms with E-state index in [1.54, 1.807) is 25.6 Å². The van der Waals surface area contributed by atoms with Crippen molar-refractivity contribution < 1.29 is 9.47 Å². The van der Waals surface area contributed by atoms with Crippen LogP contribution in [-0.2, 0) is 0 Å². The second-order valence-electron chi connectivity index (χ2n) is 6.02. The van der Waals surface area contributed by atoms with Gasteiger partial charge in [-0.15, -0.1) is 11.3 Å². The lowest BCUT2D eigenvalue weighted by molar-refractivity contribution is 0.351. The Bertz CT molecular complexity index is 907. The molecule has 1 aliphatic heterocycles. The number of ether oxygens (including phenoxy) is 2. The molecule has 4 nitrogen and oxygen atoms in total. The number of nitrogens with zero attached hydrogens (tertiary/aromatic N) is 2. The Morgan fingerprint density at radius 2 is 1.81 bits per heavy atom.